The van der Waals surface area contributed by atoms with Gasteiger partial charge in [0, 0.05) is 5.69 Å². The van der Waals surface area contributed by atoms with Crippen LogP contribution in [-0.4, -0.2) is 27.1 Å². The fourth-order valence-corrected chi connectivity index (χ4v) is 3.67. The van der Waals surface area contributed by atoms with Crippen molar-refractivity contribution in [2.45, 2.75) is 13.5 Å². The molecule has 30 heavy (non-hydrogen) atoms. The van der Waals surface area contributed by atoms with E-state index in [2.05, 4.69) is 5.32 Å². The number of carbonyl (C=O) groups is 1. The number of hydrogen-bond acceptors (Lipinski definition) is 4. The number of rotatable bonds is 8. The highest BCUT2D eigenvalue weighted by Crippen LogP contribution is 2.22. The van der Waals surface area contributed by atoms with Crippen LogP contribution in [0.15, 0.2) is 78.9 Å². The van der Waals surface area contributed by atoms with E-state index in [4.69, 9.17) is 4.74 Å². The third-order valence-electron chi connectivity index (χ3n) is 4.40. The van der Waals surface area contributed by atoms with Gasteiger partial charge in [-0.3, -0.25) is 9.10 Å². The van der Waals surface area contributed by atoms with Crippen molar-refractivity contribution in [1.82, 2.24) is 0 Å². The summed E-state index contributed by atoms with van der Waals surface area (Å²) < 4.78 is 31.4. The Bertz CT molecular complexity index is 1080. The molecule has 3 aromatic carbocycles. The van der Waals surface area contributed by atoms with E-state index in [0.29, 0.717) is 23.7 Å². The zero-order valence-electron chi connectivity index (χ0n) is 16.9. The van der Waals surface area contributed by atoms with E-state index in [-0.39, 0.29) is 6.54 Å². The van der Waals surface area contributed by atoms with Gasteiger partial charge in [0.15, 0.2) is 0 Å². The molecular weight excluding hydrogens is 400 g/mol. The van der Waals surface area contributed by atoms with Gasteiger partial charge in [-0.2, -0.15) is 0 Å². The van der Waals surface area contributed by atoms with E-state index in [0.717, 1.165) is 21.7 Å². The number of sulfonamides is 1. The van der Waals surface area contributed by atoms with Gasteiger partial charge in [0.1, 0.15) is 18.9 Å². The highest BCUT2D eigenvalue weighted by Gasteiger charge is 2.21. The van der Waals surface area contributed by atoms with Gasteiger partial charge in [0.05, 0.1) is 11.9 Å². The van der Waals surface area contributed by atoms with Crippen molar-refractivity contribution in [3.63, 3.8) is 0 Å². The van der Waals surface area contributed by atoms with Crippen molar-refractivity contribution in [2.75, 3.05) is 22.4 Å². The molecule has 0 aliphatic carbocycles. The summed E-state index contributed by atoms with van der Waals surface area (Å²) in [6.07, 6.45) is 1.08. The van der Waals surface area contributed by atoms with Crippen molar-refractivity contribution >= 4 is 27.3 Å². The molecule has 0 spiro atoms. The number of nitrogens with one attached hydrogen (secondary N) is 1. The largest absolute Gasteiger partial charge is 0.489 e. The maximum Gasteiger partial charge on any atom is 0.245 e. The van der Waals surface area contributed by atoms with Gasteiger partial charge in [-0.1, -0.05) is 48.0 Å². The summed E-state index contributed by atoms with van der Waals surface area (Å²) >= 11 is 0. The van der Waals surface area contributed by atoms with Crippen molar-refractivity contribution in [3.05, 3.63) is 90.0 Å². The number of hydrogen-bond donors (Lipinski definition) is 1. The maximum atomic E-state index is 12.4. The summed E-state index contributed by atoms with van der Waals surface area (Å²) in [6, 6.07) is 23.7. The topological polar surface area (TPSA) is 75.7 Å². The Kier molecular flexibility index (Phi) is 6.74. The molecule has 0 radical (unpaired) electrons. The molecule has 3 rings (SSSR count). The van der Waals surface area contributed by atoms with Crippen LogP contribution in [0.25, 0.3) is 0 Å². The Morgan fingerprint density at radius 1 is 0.933 bits per heavy atom. The lowest BCUT2D eigenvalue weighted by molar-refractivity contribution is -0.114. The molecule has 0 unspecified atom stereocenters. The van der Waals surface area contributed by atoms with Crippen molar-refractivity contribution in [3.8, 4) is 5.75 Å². The molecule has 0 aliphatic heterocycles. The van der Waals surface area contributed by atoms with Crippen molar-refractivity contribution in [1.29, 1.82) is 0 Å². The first kappa shape index (κ1) is 21.4. The predicted molar refractivity (Wildman–Crippen MR) is 119 cm³/mol. The molecule has 0 bridgehead atoms. The van der Waals surface area contributed by atoms with Crippen LogP contribution < -0.4 is 14.4 Å². The van der Waals surface area contributed by atoms with Crippen LogP contribution in [0.1, 0.15) is 11.1 Å². The zero-order chi connectivity index (χ0) is 21.6. The number of nitrogens with zero attached hydrogens (tertiary/aromatic N) is 1. The quantitative estimate of drug-likeness (QED) is 0.594. The molecule has 6 nitrogen and oxygen atoms in total. The Morgan fingerprint density at radius 2 is 1.57 bits per heavy atom. The molecule has 1 amide bonds. The van der Waals surface area contributed by atoms with E-state index >= 15 is 0 Å². The molecule has 3 aromatic rings. The number of ether oxygens (including phenoxy) is 1. The lowest BCUT2D eigenvalue weighted by Gasteiger charge is -2.22. The zero-order valence-corrected chi connectivity index (χ0v) is 17.7. The van der Waals surface area contributed by atoms with E-state index < -0.39 is 15.9 Å². The number of benzene rings is 3. The highest BCUT2D eigenvalue weighted by atomic mass is 32.2. The molecule has 7 heteroatoms. The van der Waals surface area contributed by atoms with Gasteiger partial charge in [-0.25, -0.2) is 8.42 Å². The standard InChI is InChI=1S/C23H24N2O4S/c1-18-8-10-20(11-9-18)24-23(26)16-25(30(2,27)28)21-12-14-22(15-13-21)29-17-19-6-4-3-5-7-19/h3-15H,16-17H2,1-2H3,(H,24,26). The fraction of sp³-hybridized carbons (Fsp3) is 0.174. The minimum Gasteiger partial charge on any atom is -0.489 e. The lowest BCUT2D eigenvalue weighted by Crippen LogP contribution is -2.37. The third kappa shape index (κ3) is 6.09. The Hall–Kier alpha value is -3.32. The fourth-order valence-electron chi connectivity index (χ4n) is 2.82. The predicted octanol–water partition coefficient (Wildman–Crippen LogP) is 3.98. The van der Waals surface area contributed by atoms with E-state index in [1.54, 1.807) is 36.4 Å². The van der Waals surface area contributed by atoms with Crippen LogP contribution in [0.3, 0.4) is 0 Å². The molecule has 0 fully saturated rings. The van der Waals surface area contributed by atoms with E-state index in [1.165, 1.54) is 0 Å². The molecule has 1 N–H and O–H groups in total. The number of anilines is 2. The molecule has 0 saturated heterocycles. The SMILES string of the molecule is Cc1ccc(NC(=O)CN(c2ccc(OCc3ccccc3)cc2)S(C)(=O)=O)cc1. The summed E-state index contributed by atoms with van der Waals surface area (Å²) in [6.45, 7) is 2.04. The number of aryl methyl sites for hydroxylation is 1. The first-order valence-electron chi connectivity index (χ1n) is 9.42. The lowest BCUT2D eigenvalue weighted by atomic mass is 10.2. The first-order valence-corrected chi connectivity index (χ1v) is 11.3. The minimum atomic E-state index is -3.65. The monoisotopic (exact) mass is 424 g/mol. The van der Waals surface area contributed by atoms with Crippen LogP contribution in [0.5, 0.6) is 5.75 Å². The highest BCUT2D eigenvalue weighted by molar-refractivity contribution is 7.92. The van der Waals surface area contributed by atoms with Gasteiger partial charge >= 0.3 is 0 Å². The Labute approximate surface area is 177 Å². The normalized spacial score (nSPS) is 11.0. The average molecular weight is 425 g/mol. The summed E-state index contributed by atoms with van der Waals surface area (Å²) in [5.41, 5.74) is 3.11. The maximum absolute atomic E-state index is 12.4. The van der Waals surface area contributed by atoms with Gasteiger partial charge in [-0.05, 0) is 48.9 Å². The second kappa shape index (κ2) is 9.45. The summed E-state index contributed by atoms with van der Waals surface area (Å²) in [4.78, 5) is 12.4. The van der Waals surface area contributed by atoms with E-state index in [1.807, 2.05) is 49.4 Å². The molecule has 0 aromatic heterocycles. The average Bonchev–Trinajstić information content (AvgIpc) is 2.73. The van der Waals surface area contributed by atoms with Gasteiger partial charge in [-0.15, -0.1) is 0 Å². The van der Waals surface area contributed by atoms with Gasteiger partial charge in [0.2, 0.25) is 15.9 Å². The summed E-state index contributed by atoms with van der Waals surface area (Å²) in [5.74, 6) is 0.189. The first-order chi connectivity index (χ1) is 14.3. The van der Waals surface area contributed by atoms with Crippen LogP contribution in [0.2, 0.25) is 0 Å². The van der Waals surface area contributed by atoms with E-state index in [9.17, 15) is 13.2 Å². The number of amides is 1. The van der Waals surface area contributed by atoms with Gasteiger partial charge < -0.3 is 10.1 Å². The van der Waals surface area contributed by atoms with Crippen LogP contribution in [0, 0.1) is 6.92 Å². The Morgan fingerprint density at radius 3 is 2.17 bits per heavy atom. The van der Waals surface area contributed by atoms with Gasteiger partial charge in [0.25, 0.3) is 0 Å². The molecule has 0 saturated carbocycles. The molecule has 0 atom stereocenters. The molecular formula is C23H24N2O4S. The smallest absolute Gasteiger partial charge is 0.245 e. The van der Waals surface area contributed by atoms with Crippen molar-refractivity contribution in [2.24, 2.45) is 0 Å². The summed E-state index contributed by atoms with van der Waals surface area (Å²) in [7, 11) is -3.65. The summed E-state index contributed by atoms with van der Waals surface area (Å²) in [5, 5.41) is 2.72. The van der Waals surface area contributed by atoms with Crippen LogP contribution in [-0.2, 0) is 21.4 Å². The second-order valence-electron chi connectivity index (χ2n) is 6.95. The second-order valence-corrected chi connectivity index (χ2v) is 8.86. The minimum absolute atomic E-state index is 0.322. The third-order valence-corrected chi connectivity index (χ3v) is 5.54. The number of carbonyl (C=O) groups excluding carboxylic acids is 1. The molecule has 0 heterocycles. The molecule has 156 valence electrons. The Balaban J connectivity index is 1.67. The van der Waals surface area contributed by atoms with Crippen molar-refractivity contribution < 1.29 is 17.9 Å². The van der Waals surface area contributed by atoms with Crippen LogP contribution in [0.4, 0.5) is 11.4 Å². The van der Waals surface area contributed by atoms with Crippen LogP contribution >= 0.6 is 0 Å². The molecule has 0 aliphatic rings.